The molecule has 1 aliphatic rings. The monoisotopic (exact) mass is 396 g/mol. The van der Waals surface area contributed by atoms with Crippen molar-refractivity contribution in [1.82, 2.24) is 0 Å². The number of carbonyl (C=O) groups is 2. The van der Waals surface area contributed by atoms with Crippen molar-refractivity contribution in [3.63, 3.8) is 0 Å². The largest absolute Gasteiger partial charge is 0.465 e. The van der Waals surface area contributed by atoms with E-state index in [9.17, 15) is 9.59 Å². The van der Waals surface area contributed by atoms with Crippen LogP contribution in [0.1, 0.15) is 111 Å². The molecule has 1 saturated carbocycles. The number of esters is 2. The van der Waals surface area contributed by atoms with Crippen molar-refractivity contribution in [2.75, 3.05) is 13.2 Å². The van der Waals surface area contributed by atoms with E-state index in [4.69, 9.17) is 9.47 Å². The van der Waals surface area contributed by atoms with Crippen LogP contribution in [-0.2, 0) is 19.1 Å². The third-order valence-corrected chi connectivity index (χ3v) is 5.99. The SMILES string of the molecule is CCCCCOC(=O)C(CCC)C(CC1CCCCC1)C(=O)OCCCCC. The summed E-state index contributed by atoms with van der Waals surface area (Å²) >= 11 is 0. The molecule has 0 radical (unpaired) electrons. The highest BCUT2D eigenvalue weighted by Crippen LogP contribution is 2.34. The Hall–Kier alpha value is -1.06. The number of ether oxygens (including phenoxy) is 2. The van der Waals surface area contributed by atoms with Gasteiger partial charge in [-0.15, -0.1) is 0 Å². The van der Waals surface area contributed by atoms with Crippen molar-refractivity contribution >= 4 is 11.9 Å². The van der Waals surface area contributed by atoms with Gasteiger partial charge in [-0.3, -0.25) is 9.59 Å². The first kappa shape index (κ1) is 25.0. The minimum absolute atomic E-state index is 0.175. The van der Waals surface area contributed by atoms with Crippen molar-refractivity contribution < 1.29 is 19.1 Å². The Kier molecular flexibility index (Phi) is 14.1. The molecule has 0 aliphatic heterocycles. The van der Waals surface area contributed by atoms with Gasteiger partial charge in [0.2, 0.25) is 0 Å². The standard InChI is InChI=1S/C24H44O4/c1-4-7-12-17-27-23(25)21(14-6-3)22(19-20-15-10-9-11-16-20)24(26)28-18-13-8-5-2/h20-22H,4-19H2,1-3H3. The third kappa shape index (κ3) is 9.93. The molecule has 164 valence electrons. The van der Waals surface area contributed by atoms with E-state index < -0.39 is 0 Å². The lowest BCUT2D eigenvalue weighted by Gasteiger charge is -2.29. The maximum absolute atomic E-state index is 12.9. The van der Waals surface area contributed by atoms with E-state index in [0.29, 0.717) is 25.6 Å². The molecule has 0 aromatic carbocycles. The lowest BCUT2D eigenvalue weighted by molar-refractivity contribution is -0.162. The lowest BCUT2D eigenvalue weighted by atomic mass is 9.77. The van der Waals surface area contributed by atoms with Gasteiger partial charge < -0.3 is 9.47 Å². The van der Waals surface area contributed by atoms with Gasteiger partial charge in [0.05, 0.1) is 25.0 Å². The van der Waals surface area contributed by atoms with Crippen LogP contribution >= 0.6 is 0 Å². The van der Waals surface area contributed by atoms with Crippen molar-refractivity contribution in [3.8, 4) is 0 Å². The Morgan fingerprint density at radius 1 is 0.750 bits per heavy atom. The van der Waals surface area contributed by atoms with Gasteiger partial charge in [0.15, 0.2) is 0 Å². The lowest BCUT2D eigenvalue weighted by Crippen LogP contribution is -2.35. The Morgan fingerprint density at radius 2 is 1.29 bits per heavy atom. The molecular formula is C24H44O4. The number of rotatable bonds is 15. The maximum atomic E-state index is 12.9. The molecule has 1 rings (SSSR count). The van der Waals surface area contributed by atoms with Crippen LogP contribution in [0.2, 0.25) is 0 Å². The zero-order valence-corrected chi connectivity index (χ0v) is 18.7. The maximum Gasteiger partial charge on any atom is 0.309 e. The summed E-state index contributed by atoms with van der Waals surface area (Å²) in [5, 5.41) is 0. The molecule has 1 aliphatic carbocycles. The van der Waals surface area contributed by atoms with Gasteiger partial charge in [-0.2, -0.15) is 0 Å². The minimum atomic E-state index is -0.354. The van der Waals surface area contributed by atoms with Gasteiger partial charge in [-0.25, -0.2) is 0 Å². The average molecular weight is 397 g/mol. The average Bonchev–Trinajstić information content (AvgIpc) is 2.71. The molecule has 2 unspecified atom stereocenters. The second-order valence-electron chi connectivity index (χ2n) is 8.49. The van der Waals surface area contributed by atoms with E-state index in [1.54, 1.807) is 0 Å². The van der Waals surface area contributed by atoms with Crippen LogP contribution in [-0.4, -0.2) is 25.2 Å². The molecule has 0 amide bonds. The highest BCUT2D eigenvalue weighted by Gasteiger charge is 2.37. The summed E-state index contributed by atoms with van der Waals surface area (Å²) in [6.45, 7) is 7.28. The minimum Gasteiger partial charge on any atom is -0.465 e. The van der Waals surface area contributed by atoms with Crippen LogP contribution in [0, 0.1) is 17.8 Å². The summed E-state index contributed by atoms with van der Waals surface area (Å²) in [5.41, 5.74) is 0. The number of hydrogen-bond donors (Lipinski definition) is 0. The summed E-state index contributed by atoms with van der Waals surface area (Å²) in [4.78, 5) is 25.8. The van der Waals surface area contributed by atoms with Gasteiger partial charge in [0, 0.05) is 0 Å². The van der Waals surface area contributed by atoms with E-state index in [-0.39, 0.29) is 23.8 Å². The Balaban J connectivity index is 2.76. The zero-order valence-electron chi connectivity index (χ0n) is 18.7. The molecular weight excluding hydrogens is 352 g/mol. The number of hydrogen-bond acceptors (Lipinski definition) is 4. The summed E-state index contributed by atoms with van der Waals surface area (Å²) in [6, 6.07) is 0. The molecule has 0 aromatic heterocycles. The van der Waals surface area contributed by atoms with Crippen molar-refractivity contribution in [2.45, 2.75) is 111 Å². The van der Waals surface area contributed by atoms with E-state index in [1.165, 1.54) is 32.1 Å². The van der Waals surface area contributed by atoms with Crippen LogP contribution in [0.15, 0.2) is 0 Å². The first-order valence-electron chi connectivity index (χ1n) is 12.0. The molecule has 0 spiro atoms. The Bertz CT molecular complexity index is 415. The van der Waals surface area contributed by atoms with Crippen LogP contribution in [0.4, 0.5) is 0 Å². The second kappa shape index (κ2) is 15.8. The molecule has 0 saturated heterocycles. The second-order valence-corrected chi connectivity index (χ2v) is 8.49. The smallest absolute Gasteiger partial charge is 0.309 e. The van der Waals surface area contributed by atoms with E-state index in [0.717, 1.165) is 51.4 Å². The van der Waals surface area contributed by atoms with Crippen LogP contribution < -0.4 is 0 Å². The van der Waals surface area contributed by atoms with Crippen LogP contribution in [0.5, 0.6) is 0 Å². The summed E-state index contributed by atoms with van der Waals surface area (Å²) in [6.07, 6.45) is 14.6. The molecule has 4 nitrogen and oxygen atoms in total. The molecule has 2 atom stereocenters. The fourth-order valence-electron chi connectivity index (χ4n) is 4.26. The van der Waals surface area contributed by atoms with E-state index in [1.807, 2.05) is 0 Å². The normalized spacial score (nSPS) is 17.1. The van der Waals surface area contributed by atoms with Gasteiger partial charge in [0.1, 0.15) is 0 Å². The zero-order chi connectivity index (χ0) is 20.6. The van der Waals surface area contributed by atoms with E-state index in [2.05, 4.69) is 20.8 Å². The first-order chi connectivity index (χ1) is 13.6. The molecule has 1 fully saturated rings. The van der Waals surface area contributed by atoms with Crippen LogP contribution in [0.3, 0.4) is 0 Å². The van der Waals surface area contributed by atoms with Gasteiger partial charge in [0.25, 0.3) is 0 Å². The molecule has 0 heterocycles. The summed E-state index contributed by atoms with van der Waals surface area (Å²) < 4.78 is 11.2. The number of carbonyl (C=O) groups excluding carboxylic acids is 2. The number of unbranched alkanes of at least 4 members (excludes halogenated alkanes) is 4. The molecule has 28 heavy (non-hydrogen) atoms. The first-order valence-corrected chi connectivity index (χ1v) is 12.0. The quantitative estimate of drug-likeness (QED) is 0.235. The van der Waals surface area contributed by atoms with Crippen LogP contribution in [0.25, 0.3) is 0 Å². The van der Waals surface area contributed by atoms with Crippen molar-refractivity contribution in [1.29, 1.82) is 0 Å². The third-order valence-electron chi connectivity index (χ3n) is 5.99. The predicted octanol–water partition coefficient (Wildman–Crippen LogP) is 6.46. The summed E-state index contributed by atoms with van der Waals surface area (Å²) in [7, 11) is 0. The highest BCUT2D eigenvalue weighted by atomic mass is 16.5. The summed E-state index contributed by atoms with van der Waals surface area (Å²) in [5.74, 6) is -0.528. The fourth-order valence-corrected chi connectivity index (χ4v) is 4.26. The van der Waals surface area contributed by atoms with Crippen molar-refractivity contribution in [2.24, 2.45) is 17.8 Å². The van der Waals surface area contributed by atoms with Crippen molar-refractivity contribution in [3.05, 3.63) is 0 Å². The molecule has 0 aromatic rings. The van der Waals surface area contributed by atoms with Gasteiger partial charge >= 0.3 is 11.9 Å². The van der Waals surface area contributed by atoms with Gasteiger partial charge in [-0.1, -0.05) is 85.0 Å². The topological polar surface area (TPSA) is 52.6 Å². The van der Waals surface area contributed by atoms with E-state index >= 15 is 0 Å². The fraction of sp³-hybridized carbons (Fsp3) is 0.917. The molecule has 4 heteroatoms. The van der Waals surface area contributed by atoms with Gasteiger partial charge in [-0.05, 0) is 31.6 Å². The molecule has 0 bridgehead atoms. The Labute approximate surface area is 173 Å². The Morgan fingerprint density at radius 3 is 1.79 bits per heavy atom. The predicted molar refractivity (Wildman–Crippen MR) is 114 cm³/mol. The highest BCUT2D eigenvalue weighted by molar-refractivity contribution is 5.82. The molecule has 0 N–H and O–H groups in total.